The molecule has 1 unspecified atom stereocenters. The van der Waals surface area contributed by atoms with Gasteiger partial charge in [-0.2, -0.15) is 0 Å². The largest absolute Gasteiger partial charge is 0.316 e. The third-order valence-corrected chi connectivity index (χ3v) is 4.72. The molecule has 0 amide bonds. The molecule has 1 heterocycles. The molecule has 0 aromatic carbocycles. The van der Waals surface area contributed by atoms with E-state index in [2.05, 4.69) is 26.1 Å². The van der Waals surface area contributed by atoms with E-state index in [9.17, 15) is 0 Å². The first-order valence-corrected chi connectivity index (χ1v) is 7.93. The maximum Gasteiger partial charge on any atom is -0.000302 e. The Morgan fingerprint density at radius 2 is 1.41 bits per heavy atom. The number of hydrogen-bond donors (Lipinski definition) is 1. The summed E-state index contributed by atoms with van der Waals surface area (Å²) >= 11 is 0. The quantitative estimate of drug-likeness (QED) is 0.542. The van der Waals surface area contributed by atoms with Gasteiger partial charge in [-0.25, -0.2) is 0 Å². The van der Waals surface area contributed by atoms with Crippen LogP contribution in [-0.4, -0.2) is 13.1 Å². The van der Waals surface area contributed by atoms with Crippen molar-refractivity contribution in [3.05, 3.63) is 0 Å². The fourth-order valence-electron chi connectivity index (χ4n) is 3.05. The predicted octanol–water partition coefficient (Wildman–Crippen LogP) is 4.76. The van der Waals surface area contributed by atoms with Crippen molar-refractivity contribution < 1.29 is 0 Å². The number of nitrogens with one attached hydrogen (secondary N) is 1. The number of unbranched alkanes of at least 4 members (excludes halogenated alkanes) is 5. The van der Waals surface area contributed by atoms with E-state index in [1.54, 1.807) is 0 Å². The Hall–Kier alpha value is -0.0400. The summed E-state index contributed by atoms with van der Waals surface area (Å²) < 4.78 is 0. The van der Waals surface area contributed by atoms with Gasteiger partial charge >= 0.3 is 0 Å². The predicted molar refractivity (Wildman–Crippen MR) is 77.4 cm³/mol. The zero-order chi connectivity index (χ0) is 12.6. The van der Waals surface area contributed by atoms with Crippen molar-refractivity contribution in [2.75, 3.05) is 13.1 Å². The molecule has 1 heteroatoms. The Bertz CT molecular complexity index is 186. The van der Waals surface area contributed by atoms with Crippen LogP contribution in [0.3, 0.4) is 0 Å². The first-order valence-electron chi connectivity index (χ1n) is 7.93. The molecule has 1 aliphatic rings. The highest BCUT2D eigenvalue weighted by atomic mass is 15.0. The van der Waals surface area contributed by atoms with Crippen LogP contribution < -0.4 is 5.32 Å². The molecule has 0 aromatic rings. The van der Waals surface area contributed by atoms with Crippen LogP contribution in [-0.2, 0) is 0 Å². The van der Waals surface area contributed by atoms with Crippen molar-refractivity contribution in [2.45, 2.75) is 78.6 Å². The molecule has 1 atom stereocenters. The summed E-state index contributed by atoms with van der Waals surface area (Å²) in [6, 6.07) is 0. The van der Waals surface area contributed by atoms with Gasteiger partial charge in [0, 0.05) is 0 Å². The molecule has 1 N–H and O–H groups in total. The van der Waals surface area contributed by atoms with Crippen LogP contribution in [0.25, 0.3) is 0 Å². The van der Waals surface area contributed by atoms with Gasteiger partial charge in [0.15, 0.2) is 0 Å². The summed E-state index contributed by atoms with van der Waals surface area (Å²) in [6.45, 7) is 9.71. The lowest BCUT2D eigenvalue weighted by atomic mass is 9.67. The van der Waals surface area contributed by atoms with E-state index in [1.165, 1.54) is 70.9 Å². The molecule has 1 aliphatic heterocycles. The standard InChI is InChI=1S/C16H33N/c1-4-6-8-10-12-16(3,11-9-7-5-2)15-13-17-14-15/h15,17H,4-14H2,1-3H3. The minimum Gasteiger partial charge on any atom is -0.316 e. The van der Waals surface area contributed by atoms with E-state index >= 15 is 0 Å². The molecule has 0 saturated carbocycles. The smallest absolute Gasteiger partial charge is 0.000302 e. The van der Waals surface area contributed by atoms with E-state index in [0.29, 0.717) is 5.41 Å². The molecule has 1 nitrogen and oxygen atoms in total. The second kappa shape index (κ2) is 8.13. The summed E-state index contributed by atoms with van der Waals surface area (Å²) in [6.07, 6.45) is 12.8. The third kappa shape index (κ3) is 4.99. The molecular formula is C16H33N. The van der Waals surface area contributed by atoms with Crippen molar-refractivity contribution in [1.82, 2.24) is 5.32 Å². The maximum absolute atomic E-state index is 3.46. The molecule has 102 valence electrons. The maximum atomic E-state index is 3.46. The molecular weight excluding hydrogens is 206 g/mol. The minimum atomic E-state index is 0.633. The van der Waals surface area contributed by atoms with Crippen molar-refractivity contribution in [1.29, 1.82) is 0 Å². The highest BCUT2D eigenvalue weighted by Crippen LogP contribution is 2.40. The molecule has 0 spiro atoms. The SMILES string of the molecule is CCCCCCC(C)(CCCCC)C1CNC1. The van der Waals surface area contributed by atoms with Crippen LogP contribution in [0, 0.1) is 11.3 Å². The van der Waals surface area contributed by atoms with Gasteiger partial charge in [-0.05, 0) is 37.3 Å². The molecule has 17 heavy (non-hydrogen) atoms. The van der Waals surface area contributed by atoms with E-state index in [4.69, 9.17) is 0 Å². The molecule has 1 rings (SSSR count). The van der Waals surface area contributed by atoms with Crippen LogP contribution in [0.2, 0.25) is 0 Å². The van der Waals surface area contributed by atoms with Crippen molar-refractivity contribution in [3.63, 3.8) is 0 Å². The van der Waals surface area contributed by atoms with Gasteiger partial charge in [-0.3, -0.25) is 0 Å². The molecule has 0 bridgehead atoms. The van der Waals surface area contributed by atoms with Crippen LogP contribution in [0.15, 0.2) is 0 Å². The zero-order valence-electron chi connectivity index (χ0n) is 12.4. The fourth-order valence-corrected chi connectivity index (χ4v) is 3.05. The Morgan fingerprint density at radius 3 is 1.88 bits per heavy atom. The van der Waals surface area contributed by atoms with Gasteiger partial charge in [0.1, 0.15) is 0 Å². The monoisotopic (exact) mass is 239 g/mol. The Morgan fingerprint density at radius 1 is 0.882 bits per heavy atom. The Balaban J connectivity index is 2.29. The van der Waals surface area contributed by atoms with E-state index in [0.717, 1.165) is 5.92 Å². The summed E-state index contributed by atoms with van der Waals surface area (Å²) in [5.74, 6) is 0.959. The third-order valence-electron chi connectivity index (χ3n) is 4.72. The summed E-state index contributed by atoms with van der Waals surface area (Å²) in [7, 11) is 0. The molecule has 1 saturated heterocycles. The van der Waals surface area contributed by atoms with E-state index < -0.39 is 0 Å². The number of rotatable bonds is 10. The molecule has 0 aliphatic carbocycles. The highest BCUT2D eigenvalue weighted by Gasteiger charge is 2.36. The average Bonchev–Trinajstić information content (AvgIpc) is 2.22. The second-order valence-electron chi connectivity index (χ2n) is 6.28. The summed E-state index contributed by atoms with van der Waals surface area (Å²) in [5, 5.41) is 3.46. The van der Waals surface area contributed by atoms with Gasteiger partial charge in [-0.15, -0.1) is 0 Å². The first kappa shape index (κ1) is 15.0. The lowest BCUT2D eigenvalue weighted by molar-refractivity contribution is 0.0946. The zero-order valence-corrected chi connectivity index (χ0v) is 12.4. The fraction of sp³-hybridized carbons (Fsp3) is 1.00. The van der Waals surface area contributed by atoms with Gasteiger partial charge in [-0.1, -0.05) is 65.7 Å². The lowest BCUT2D eigenvalue weighted by Gasteiger charge is -2.44. The molecule has 1 fully saturated rings. The van der Waals surface area contributed by atoms with Crippen LogP contribution >= 0.6 is 0 Å². The van der Waals surface area contributed by atoms with Gasteiger partial charge in [0.05, 0.1) is 0 Å². The topological polar surface area (TPSA) is 12.0 Å². The van der Waals surface area contributed by atoms with Gasteiger partial charge < -0.3 is 5.32 Å². The molecule has 0 aromatic heterocycles. The van der Waals surface area contributed by atoms with Crippen molar-refractivity contribution in [2.24, 2.45) is 11.3 Å². The van der Waals surface area contributed by atoms with Gasteiger partial charge in [0.25, 0.3) is 0 Å². The normalized spacial score (nSPS) is 19.9. The highest BCUT2D eigenvalue weighted by molar-refractivity contribution is 4.90. The van der Waals surface area contributed by atoms with Crippen LogP contribution in [0.4, 0.5) is 0 Å². The minimum absolute atomic E-state index is 0.633. The van der Waals surface area contributed by atoms with Crippen molar-refractivity contribution >= 4 is 0 Å². The van der Waals surface area contributed by atoms with Crippen LogP contribution in [0.5, 0.6) is 0 Å². The van der Waals surface area contributed by atoms with Crippen molar-refractivity contribution in [3.8, 4) is 0 Å². The van der Waals surface area contributed by atoms with Crippen LogP contribution in [0.1, 0.15) is 78.6 Å². The average molecular weight is 239 g/mol. The van der Waals surface area contributed by atoms with E-state index in [-0.39, 0.29) is 0 Å². The second-order valence-corrected chi connectivity index (χ2v) is 6.28. The summed E-state index contributed by atoms with van der Waals surface area (Å²) in [5.41, 5.74) is 0.633. The Kier molecular flexibility index (Phi) is 7.18. The summed E-state index contributed by atoms with van der Waals surface area (Å²) in [4.78, 5) is 0. The van der Waals surface area contributed by atoms with E-state index in [1.807, 2.05) is 0 Å². The molecule has 0 radical (unpaired) electrons. The Labute approximate surface area is 109 Å². The number of hydrogen-bond acceptors (Lipinski definition) is 1. The van der Waals surface area contributed by atoms with Gasteiger partial charge in [0.2, 0.25) is 0 Å². The lowest BCUT2D eigenvalue weighted by Crippen LogP contribution is -2.50. The first-order chi connectivity index (χ1) is 8.23.